The first kappa shape index (κ1) is 38.8. The molecule has 0 radical (unpaired) electrons. The van der Waals surface area contributed by atoms with Crippen LogP contribution in [0, 0.1) is 6.92 Å². The third-order valence-electron chi connectivity index (χ3n) is 11.1. The van der Waals surface area contributed by atoms with Crippen LogP contribution in [0.25, 0.3) is 22.3 Å². The van der Waals surface area contributed by atoms with E-state index < -0.39 is 0 Å². The van der Waals surface area contributed by atoms with E-state index >= 15 is 0 Å². The van der Waals surface area contributed by atoms with Crippen molar-refractivity contribution in [1.29, 1.82) is 0 Å². The van der Waals surface area contributed by atoms with Gasteiger partial charge in [-0.25, -0.2) is 0 Å². The van der Waals surface area contributed by atoms with Gasteiger partial charge in [-0.15, -0.1) is 8.00 Å². The Morgan fingerprint density at radius 1 is 0.283 bits per heavy atom. The van der Waals surface area contributed by atoms with Gasteiger partial charge in [-0.1, -0.05) is 109 Å². The molecule has 9 aromatic rings. The van der Waals surface area contributed by atoms with E-state index in [0.29, 0.717) is 0 Å². The zero-order valence-corrected chi connectivity index (χ0v) is 34.7. The topological polar surface area (TPSA) is 3.24 Å². The number of halogens is 2. The zero-order valence-electron chi connectivity index (χ0n) is 33.2. The van der Waals surface area contributed by atoms with Gasteiger partial charge >= 0.3 is 0 Å². The highest BCUT2D eigenvalue weighted by Gasteiger charge is 2.36. The molecule has 290 valence electrons. The number of hydrogen-bond donors (Lipinski definition) is 0. The molecule has 0 unspecified atom stereocenters. The van der Waals surface area contributed by atoms with E-state index in [1.165, 1.54) is 5.56 Å². The van der Waals surface area contributed by atoms with Crippen LogP contribution >= 0.6 is 23.6 Å². The molecule has 0 saturated heterocycles. The summed E-state index contributed by atoms with van der Waals surface area (Å²) in [5, 5.41) is 0. The number of hydrogen-bond acceptors (Lipinski definition) is 1. The van der Waals surface area contributed by atoms with E-state index in [1.54, 1.807) is 0 Å². The van der Waals surface area contributed by atoms with Crippen LogP contribution in [0.1, 0.15) is 5.56 Å². The summed E-state index contributed by atoms with van der Waals surface area (Å²) in [4.78, 5) is 2.31. The summed E-state index contributed by atoms with van der Waals surface area (Å²) in [5.74, 6) is 0. The third-order valence-corrected chi connectivity index (χ3v) is 12.2. The predicted octanol–water partition coefficient (Wildman–Crippen LogP) is 17.0. The van der Waals surface area contributed by atoms with Gasteiger partial charge < -0.3 is 4.90 Å². The normalized spacial score (nSPS) is 11.6. The molecule has 0 aliphatic rings. The lowest BCUT2D eigenvalue weighted by atomic mass is 10.0. The first-order valence-corrected chi connectivity index (χ1v) is 20.8. The van der Waals surface area contributed by atoms with Gasteiger partial charge in [-0.2, -0.15) is 0 Å². The number of nitrogens with zero attached hydrogens (tertiary/aromatic N) is 3. The van der Waals surface area contributed by atoms with Crippen LogP contribution in [0.3, 0.4) is 0 Å². The van der Waals surface area contributed by atoms with E-state index in [0.717, 1.165) is 73.4 Å². The van der Waals surface area contributed by atoms with Gasteiger partial charge in [-0.05, 0) is 95.4 Å². The first-order chi connectivity index (χ1) is 29.4. The molecule has 0 amide bonds. The maximum atomic E-state index is 7.53. The number of para-hydroxylation sites is 4. The Labute approximate surface area is 363 Å². The molecule has 0 saturated carbocycles. The maximum absolute atomic E-state index is 7.53. The Morgan fingerprint density at radius 3 is 0.867 bits per heavy atom. The molecule has 0 spiro atoms. The predicted molar refractivity (Wildman–Crippen MR) is 256 cm³/mol. The average molecular weight is 817 g/mol. The molecule has 0 aromatic heterocycles. The lowest BCUT2D eigenvalue weighted by Crippen LogP contribution is -2.26. The number of rotatable bonds is 11. The number of aryl methyl sites for hydroxylation is 1. The van der Waals surface area contributed by atoms with Crippen molar-refractivity contribution in [3.63, 3.8) is 0 Å². The minimum Gasteiger partial charge on any atom is -0.310 e. The summed E-state index contributed by atoms with van der Waals surface area (Å²) in [6.07, 6.45) is 0. The molecule has 0 fully saturated rings. The molecule has 5 heteroatoms. The molecule has 9 aromatic carbocycles. The van der Waals surface area contributed by atoms with Crippen LogP contribution in [-0.4, -0.2) is 0 Å². The molecule has 0 N–H and O–H groups in total. The van der Waals surface area contributed by atoms with Gasteiger partial charge in [0.2, 0.25) is 0 Å². The Kier molecular flexibility index (Phi) is 10.9. The van der Waals surface area contributed by atoms with Crippen molar-refractivity contribution >= 4 is 74.7 Å². The summed E-state index contributed by atoms with van der Waals surface area (Å²) in [6.45, 7) is 2.13. The minimum atomic E-state index is 0.0480. The van der Waals surface area contributed by atoms with Gasteiger partial charge in [0.15, 0.2) is 57.7 Å². The van der Waals surface area contributed by atoms with Gasteiger partial charge in [0.25, 0.3) is 0 Å². The molecule has 0 bridgehead atoms. The number of anilines is 3. The Bertz CT molecular complexity index is 2540. The van der Waals surface area contributed by atoms with E-state index in [1.807, 2.05) is 72.8 Å². The molecule has 0 aliphatic carbocycles. The van der Waals surface area contributed by atoms with E-state index in [4.69, 9.17) is 23.6 Å². The quantitative estimate of drug-likeness (QED) is 0.118. The Hall–Kier alpha value is -6.72. The highest BCUT2D eigenvalue weighted by Crippen LogP contribution is 2.48. The first-order valence-electron chi connectivity index (χ1n) is 20.1. The van der Waals surface area contributed by atoms with Crippen LogP contribution in [-0.2, 0) is 0 Å². The fourth-order valence-corrected chi connectivity index (χ4v) is 8.64. The third kappa shape index (κ3) is 7.52. The van der Waals surface area contributed by atoms with E-state index in [9.17, 15) is 0 Å². The van der Waals surface area contributed by atoms with Crippen molar-refractivity contribution < 1.29 is 0 Å². The van der Waals surface area contributed by atoms with Crippen LogP contribution in [0.2, 0.25) is 0 Å². The molecule has 0 heterocycles. The molecule has 3 nitrogen and oxygen atoms in total. The van der Waals surface area contributed by atoms with Crippen LogP contribution in [0.5, 0.6) is 0 Å². The maximum Gasteiger partial charge on any atom is 0.183 e. The molecule has 0 atom stereocenters. The van der Waals surface area contributed by atoms with Crippen LogP contribution < -0.4 is 12.9 Å². The van der Waals surface area contributed by atoms with Crippen molar-refractivity contribution in [1.82, 2.24) is 8.00 Å². The molecular formula is C55H43Cl2N3+2. The SMILES string of the molecule is Cc1cccc(N(c2ccc(-c3ccc([N+](Cl)(c4ccccc4)c4ccccc4)cc3)cc2)c2ccc(-c3ccc([N+](Cl)(c4ccccc4)c4ccccc4)cc3)cc2)c1. The van der Waals surface area contributed by atoms with Crippen LogP contribution in [0.4, 0.5) is 51.2 Å². The van der Waals surface area contributed by atoms with Gasteiger partial charge in [0.05, 0.1) is 0 Å². The van der Waals surface area contributed by atoms with E-state index in [-0.39, 0.29) is 8.00 Å². The second-order valence-electron chi connectivity index (χ2n) is 14.9. The summed E-state index contributed by atoms with van der Waals surface area (Å²) in [6, 6.07) is 84.2. The second-order valence-corrected chi connectivity index (χ2v) is 15.9. The van der Waals surface area contributed by atoms with Crippen molar-refractivity contribution in [2.24, 2.45) is 0 Å². The van der Waals surface area contributed by atoms with Crippen molar-refractivity contribution in [3.8, 4) is 22.3 Å². The zero-order chi connectivity index (χ0) is 40.9. The van der Waals surface area contributed by atoms with E-state index in [2.05, 4.69) is 182 Å². The second kappa shape index (κ2) is 16.9. The molecular weight excluding hydrogens is 774 g/mol. The lowest BCUT2D eigenvalue weighted by molar-refractivity contribution is 0.808. The standard InChI is InChI=1S/C55H43Cl2N3/c1-42-15-14-16-49(41-42)58(47-33-25-43(26-34-47)45-29-37-54(38-30-45)59(56,50-17-6-2-7-18-50)51-19-8-3-9-20-51)48-35-27-44(28-36-48)46-31-39-55(40-32-46)60(57,52-21-10-4-11-22-52)53-23-12-5-13-24-53/h2-41H,1H3/q+2. The fraction of sp³-hybridized carbons (Fsp3) is 0.0182. The minimum absolute atomic E-state index is 0.0480. The van der Waals surface area contributed by atoms with Crippen molar-refractivity contribution in [2.45, 2.75) is 6.92 Å². The Balaban J connectivity index is 1.000. The monoisotopic (exact) mass is 815 g/mol. The molecule has 9 rings (SSSR count). The fourth-order valence-electron chi connectivity index (χ4n) is 7.97. The van der Waals surface area contributed by atoms with Crippen molar-refractivity contribution in [2.75, 3.05) is 4.90 Å². The van der Waals surface area contributed by atoms with Crippen molar-refractivity contribution in [3.05, 3.63) is 248 Å². The summed E-state index contributed by atoms with van der Waals surface area (Å²) in [7, 11) is 0. The number of benzene rings is 9. The Morgan fingerprint density at radius 2 is 0.567 bits per heavy atom. The van der Waals surface area contributed by atoms with Gasteiger partial charge in [0.1, 0.15) is 0 Å². The summed E-state index contributed by atoms with van der Waals surface area (Å²) >= 11 is 15.1. The highest BCUT2D eigenvalue weighted by molar-refractivity contribution is 6.28. The summed E-state index contributed by atoms with van der Waals surface area (Å²) in [5.41, 5.74) is 14.7. The molecule has 60 heavy (non-hydrogen) atoms. The summed E-state index contributed by atoms with van der Waals surface area (Å²) < 4.78 is 0.0960. The molecule has 0 aliphatic heterocycles. The largest absolute Gasteiger partial charge is 0.310 e. The lowest BCUT2D eigenvalue weighted by Gasteiger charge is -2.28. The smallest absolute Gasteiger partial charge is 0.183 e. The number of quaternary nitrogens is 2. The van der Waals surface area contributed by atoms with Crippen LogP contribution in [0.15, 0.2) is 243 Å². The van der Waals surface area contributed by atoms with Gasteiger partial charge in [-0.3, -0.25) is 0 Å². The van der Waals surface area contributed by atoms with Gasteiger partial charge in [0, 0.05) is 89.9 Å². The highest BCUT2D eigenvalue weighted by atomic mass is 35.5. The average Bonchev–Trinajstić information content (AvgIpc) is 3.33.